The summed E-state index contributed by atoms with van der Waals surface area (Å²) < 4.78 is 0. The SMILES string of the molecule is CCNC(=O)CN1C[C@@H]2CCN(C(=O)Cc3c[nH]c4cnccc34)[C@@H]2C1. The molecule has 0 aromatic carbocycles. The van der Waals surface area contributed by atoms with Crippen LogP contribution in [0, 0.1) is 5.92 Å². The molecule has 0 spiro atoms. The van der Waals surface area contributed by atoms with Crippen molar-refractivity contribution >= 4 is 22.7 Å². The molecule has 4 rings (SSSR count). The highest BCUT2D eigenvalue weighted by molar-refractivity contribution is 5.88. The molecule has 138 valence electrons. The average Bonchev–Trinajstić information content (AvgIpc) is 3.29. The van der Waals surface area contributed by atoms with E-state index in [1.165, 1.54) is 0 Å². The number of aromatic amines is 1. The van der Waals surface area contributed by atoms with Crippen LogP contribution in [0.3, 0.4) is 0 Å². The minimum Gasteiger partial charge on any atom is -0.360 e. The number of likely N-dealkylation sites (tertiary alicyclic amines) is 2. The number of nitrogens with one attached hydrogen (secondary N) is 2. The smallest absolute Gasteiger partial charge is 0.234 e. The number of H-pyrrole nitrogens is 1. The van der Waals surface area contributed by atoms with Crippen LogP contribution in [0.5, 0.6) is 0 Å². The summed E-state index contributed by atoms with van der Waals surface area (Å²) in [5.41, 5.74) is 1.98. The first-order valence-corrected chi connectivity index (χ1v) is 9.34. The van der Waals surface area contributed by atoms with Gasteiger partial charge in [0, 0.05) is 50.0 Å². The molecule has 26 heavy (non-hydrogen) atoms. The van der Waals surface area contributed by atoms with Crippen molar-refractivity contribution < 1.29 is 9.59 Å². The summed E-state index contributed by atoms with van der Waals surface area (Å²) in [6, 6.07) is 2.19. The molecule has 0 aliphatic carbocycles. The first kappa shape index (κ1) is 17.0. The van der Waals surface area contributed by atoms with Gasteiger partial charge in [-0.15, -0.1) is 0 Å². The standard InChI is InChI=1S/C19H25N5O2/c1-2-21-18(25)12-23-10-13-4-6-24(17(13)11-23)19(26)7-14-8-22-16-9-20-5-3-15(14)16/h3,5,8-9,13,17,22H,2,4,6-7,10-12H2,1H3,(H,21,25)/t13-,17+/m0/s1. The number of likely N-dealkylation sites (N-methyl/N-ethyl adjacent to an activating group) is 1. The Hall–Kier alpha value is -2.41. The summed E-state index contributed by atoms with van der Waals surface area (Å²) in [5, 5.41) is 3.91. The van der Waals surface area contributed by atoms with Gasteiger partial charge in [-0.2, -0.15) is 0 Å². The zero-order chi connectivity index (χ0) is 18.1. The summed E-state index contributed by atoms with van der Waals surface area (Å²) >= 11 is 0. The first-order chi connectivity index (χ1) is 12.7. The van der Waals surface area contributed by atoms with Gasteiger partial charge in [-0.1, -0.05) is 0 Å². The largest absolute Gasteiger partial charge is 0.360 e. The molecule has 2 saturated heterocycles. The van der Waals surface area contributed by atoms with Crippen LogP contribution >= 0.6 is 0 Å². The van der Waals surface area contributed by atoms with Crippen LogP contribution in [0.25, 0.3) is 10.9 Å². The fourth-order valence-corrected chi connectivity index (χ4v) is 4.39. The molecule has 2 fully saturated rings. The Labute approximate surface area is 152 Å². The lowest BCUT2D eigenvalue weighted by Crippen LogP contribution is -2.42. The van der Waals surface area contributed by atoms with Gasteiger partial charge in [0.25, 0.3) is 0 Å². The second-order valence-electron chi connectivity index (χ2n) is 7.26. The van der Waals surface area contributed by atoms with E-state index in [1.807, 2.05) is 24.1 Å². The number of aromatic nitrogens is 2. The van der Waals surface area contributed by atoms with Crippen LogP contribution in [-0.4, -0.2) is 70.3 Å². The van der Waals surface area contributed by atoms with Crippen molar-refractivity contribution in [2.45, 2.75) is 25.8 Å². The third kappa shape index (κ3) is 3.19. The van der Waals surface area contributed by atoms with Crippen LogP contribution in [0.4, 0.5) is 0 Å². The third-order valence-electron chi connectivity index (χ3n) is 5.60. The lowest BCUT2D eigenvalue weighted by atomic mass is 10.0. The number of nitrogens with zero attached hydrogens (tertiary/aromatic N) is 3. The Morgan fingerprint density at radius 3 is 3.12 bits per heavy atom. The third-order valence-corrected chi connectivity index (χ3v) is 5.60. The van der Waals surface area contributed by atoms with Crippen LogP contribution in [0.15, 0.2) is 24.7 Å². The molecule has 2 aliphatic rings. The summed E-state index contributed by atoms with van der Waals surface area (Å²) in [5.74, 6) is 0.730. The Morgan fingerprint density at radius 2 is 2.27 bits per heavy atom. The quantitative estimate of drug-likeness (QED) is 0.830. The monoisotopic (exact) mass is 355 g/mol. The molecule has 0 saturated carbocycles. The van der Waals surface area contributed by atoms with E-state index < -0.39 is 0 Å². The Morgan fingerprint density at radius 1 is 1.38 bits per heavy atom. The maximum absolute atomic E-state index is 12.9. The molecular formula is C19H25N5O2. The summed E-state index contributed by atoms with van der Waals surface area (Å²) in [6.45, 7) is 5.54. The van der Waals surface area contributed by atoms with Gasteiger partial charge >= 0.3 is 0 Å². The van der Waals surface area contributed by atoms with E-state index in [2.05, 4.69) is 20.2 Å². The number of pyridine rings is 1. The van der Waals surface area contributed by atoms with Crippen LogP contribution in [0.1, 0.15) is 18.9 Å². The lowest BCUT2D eigenvalue weighted by molar-refractivity contribution is -0.131. The number of carbonyl (C=O) groups excluding carboxylic acids is 2. The number of hydrogen-bond acceptors (Lipinski definition) is 4. The minimum atomic E-state index is 0.0674. The Kier molecular flexibility index (Phi) is 4.63. The molecule has 0 bridgehead atoms. The highest BCUT2D eigenvalue weighted by Gasteiger charge is 2.43. The first-order valence-electron chi connectivity index (χ1n) is 9.34. The number of fused-ring (bicyclic) bond motifs is 2. The van der Waals surface area contributed by atoms with Crippen LogP contribution < -0.4 is 5.32 Å². The van der Waals surface area contributed by atoms with Gasteiger partial charge in [0.05, 0.1) is 24.7 Å². The van der Waals surface area contributed by atoms with Crippen molar-refractivity contribution in [1.82, 2.24) is 25.1 Å². The van der Waals surface area contributed by atoms with E-state index in [0.29, 0.717) is 25.4 Å². The van der Waals surface area contributed by atoms with Gasteiger partial charge in [0.15, 0.2) is 0 Å². The van der Waals surface area contributed by atoms with E-state index in [0.717, 1.165) is 42.5 Å². The molecule has 2 aromatic rings. The summed E-state index contributed by atoms with van der Waals surface area (Å²) in [6.07, 6.45) is 6.88. The zero-order valence-corrected chi connectivity index (χ0v) is 15.1. The molecule has 7 heteroatoms. The molecular weight excluding hydrogens is 330 g/mol. The van der Waals surface area contributed by atoms with Gasteiger partial charge < -0.3 is 15.2 Å². The molecule has 2 aromatic heterocycles. The van der Waals surface area contributed by atoms with Crippen LogP contribution in [0.2, 0.25) is 0 Å². The number of hydrogen-bond donors (Lipinski definition) is 2. The molecule has 2 amide bonds. The van der Waals surface area contributed by atoms with E-state index in [9.17, 15) is 9.59 Å². The van der Waals surface area contributed by atoms with Crippen LogP contribution in [-0.2, 0) is 16.0 Å². The zero-order valence-electron chi connectivity index (χ0n) is 15.1. The van der Waals surface area contributed by atoms with Crippen molar-refractivity contribution in [3.8, 4) is 0 Å². The fourth-order valence-electron chi connectivity index (χ4n) is 4.39. The number of rotatable bonds is 5. The molecule has 7 nitrogen and oxygen atoms in total. The number of carbonyl (C=O) groups is 2. The molecule has 4 heterocycles. The van der Waals surface area contributed by atoms with Gasteiger partial charge in [-0.3, -0.25) is 19.5 Å². The highest BCUT2D eigenvalue weighted by Crippen LogP contribution is 2.32. The average molecular weight is 355 g/mol. The topological polar surface area (TPSA) is 81.3 Å². The normalized spacial score (nSPS) is 22.7. The Bertz CT molecular complexity index is 817. The predicted octanol–water partition coefficient (Wildman–Crippen LogP) is 0.774. The molecule has 2 aliphatic heterocycles. The van der Waals surface area contributed by atoms with E-state index >= 15 is 0 Å². The number of amides is 2. The maximum Gasteiger partial charge on any atom is 0.234 e. The second kappa shape index (κ2) is 7.07. The highest BCUT2D eigenvalue weighted by atomic mass is 16.2. The predicted molar refractivity (Wildman–Crippen MR) is 98.5 cm³/mol. The van der Waals surface area contributed by atoms with E-state index in [4.69, 9.17) is 0 Å². The van der Waals surface area contributed by atoms with E-state index in [1.54, 1.807) is 12.4 Å². The Balaban J connectivity index is 1.40. The van der Waals surface area contributed by atoms with E-state index in [-0.39, 0.29) is 17.9 Å². The van der Waals surface area contributed by atoms with Gasteiger partial charge in [0.2, 0.25) is 11.8 Å². The van der Waals surface area contributed by atoms with Crippen molar-refractivity contribution in [1.29, 1.82) is 0 Å². The van der Waals surface area contributed by atoms with Gasteiger partial charge in [0.1, 0.15) is 0 Å². The van der Waals surface area contributed by atoms with Gasteiger partial charge in [-0.25, -0.2) is 0 Å². The summed E-state index contributed by atoms with van der Waals surface area (Å²) in [4.78, 5) is 36.3. The van der Waals surface area contributed by atoms with Crippen molar-refractivity contribution in [3.05, 3.63) is 30.2 Å². The molecule has 0 unspecified atom stereocenters. The molecule has 2 atom stereocenters. The van der Waals surface area contributed by atoms with Crippen molar-refractivity contribution in [2.75, 3.05) is 32.7 Å². The summed E-state index contributed by atoms with van der Waals surface area (Å²) in [7, 11) is 0. The van der Waals surface area contributed by atoms with Crippen molar-refractivity contribution in [2.24, 2.45) is 5.92 Å². The second-order valence-corrected chi connectivity index (χ2v) is 7.26. The van der Waals surface area contributed by atoms with Gasteiger partial charge in [-0.05, 0) is 30.9 Å². The lowest BCUT2D eigenvalue weighted by Gasteiger charge is -2.25. The molecule has 2 N–H and O–H groups in total. The minimum absolute atomic E-state index is 0.0674. The fraction of sp³-hybridized carbons (Fsp3) is 0.526. The molecule has 0 radical (unpaired) electrons. The maximum atomic E-state index is 12.9. The van der Waals surface area contributed by atoms with Crippen molar-refractivity contribution in [3.63, 3.8) is 0 Å².